The molecule has 1 aromatic rings. The largest absolute Gasteiger partial charge is 2.00 e. The van der Waals surface area contributed by atoms with Crippen molar-refractivity contribution in [2.24, 2.45) is 0 Å². The van der Waals surface area contributed by atoms with E-state index in [2.05, 4.69) is 0 Å². The quantitative estimate of drug-likeness (QED) is 0.571. The van der Waals surface area contributed by atoms with E-state index in [4.69, 9.17) is 10.8 Å². The molecule has 0 unspecified atom stereocenters. The Morgan fingerprint density at radius 1 is 1.36 bits per heavy atom. The summed E-state index contributed by atoms with van der Waals surface area (Å²) in [4.78, 5) is 10.3. The number of nitrogens with two attached hydrogens (primary N) is 1. The molecule has 1 aromatic carbocycles. The first-order chi connectivity index (χ1) is 4.72. The van der Waals surface area contributed by atoms with Gasteiger partial charge in [0.05, 0.1) is 5.56 Å². The first-order valence-electron chi connectivity index (χ1n) is 2.79. The van der Waals surface area contributed by atoms with Crippen molar-refractivity contribution < 1.29 is 30.3 Å². The van der Waals surface area contributed by atoms with E-state index in [0.717, 1.165) is 0 Å². The average Bonchev–Trinajstić information content (AvgIpc) is 1.88. The molecule has 0 heterocycles. The van der Waals surface area contributed by atoms with Gasteiger partial charge in [-0.1, -0.05) is 12.1 Å². The van der Waals surface area contributed by atoms with Crippen molar-refractivity contribution in [3.63, 3.8) is 0 Å². The van der Waals surface area contributed by atoms with E-state index >= 15 is 0 Å². The van der Waals surface area contributed by atoms with Crippen LogP contribution in [0.25, 0.3) is 0 Å². The molecular weight excluding hydrogens is 237 g/mol. The van der Waals surface area contributed by atoms with Gasteiger partial charge in [0.2, 0.25) is 0 Å². The van der Waals surface area contributed by atoms with Crippen molar-refractivity contribution in [1.82, 2.24) is 0 Å². The molecule has 11 heavy (non-hydrogen) atoms. The van der Waals surface area contributed by atoms with E-state index < -0.39 is 5.97 Å². The van der Waals surface area contributed by atoms with Crippen LogP contribution in [0.15, 0.2) is 24.3 Å². The smallest absolute Gasteiger partial charge is 0.478 e. The number of hydrogen-bond acceptors (Lipinski definition) is 2. The third-order valence-corrected chi connectivity index (χ3v) is 1.19. The van der Waals surface area contributed by atoms with Gasteiger partial charge >= 0.3 is 26.4 Å². The Morgan fingerprint density at radius 3 is 2.27 bits per heavy atom. The van der Waals surface area contributed by atoms with E-state index in [1.807, 2.05) is 0 Å². The molecule has 0 saturated carbocycles. The zero-order valence-electron chi connectivity index (χ0n) is 5.56. The van der Waals surface area contributed by atoms with Crippen LogP contribution in [-0.2, 0) is 20.4 Å². The summed E-state index contributed by atoms with van der Waals surface area (Å²) in [5.41, 5.74) is 5.80. The second kappa shape index (κ2) is 4.12. The molecule has 0 aliphatic carbocycles. The summed E-state index contributed by atoms with van der Waals surface area (Å²) in [5, 5.41) is 8.49. The summed E-state index contributed by atoms with van der Waals surface area (Å²) >= 11 is 0. The third-order valence-electron chi connectivity index (χ3n) is 1.19. The van der Waals surface area contributed by atoms with Crippen LogP contribution in [0, 0.1) is 0 Å². The summed E-state index contributed by atoms with van der Waals surface area (Å²) in [6.07, 6.45) is 0. The fourth-order valence-corrected chi connectivity index (χ4v) is 0.692. The fraction of sp³-hybridized carbons (Fsp3) is 0. The molecule has 0 radical (unpaired) electrons. The van der Waals surface area contributed by atoms with Crippen molar-refractivity contribution in [1.29, 1.82) is 0 Å². The van der Waals surface area contributed by atoms with Crippen molar-refractivity contribution in [2.75, 3.05) is 5.73 Å². The van der Waals surface area contributed by atoms with Crippen LogP contribution in [0.2, 0.25) is 0 Å². The number of carbonyl (C=O) groups is 1. The number of nitrogen functional groups attached to an aromatic ring is 1. The number of hydrogen-bond donors (Lipinski definition) is 2. The Morgan fingerprint density at radius 2 is 1.91 bits per heavy atom. The minimum atomic E-state index is -0.988. The van der Waals surface area contributed by atoms with Gasteiger partial charge in [-0.2, -0.15) is 0 Å². The molecule has 60 valence electrons. The SMILES string of the molecule is Nc1ccccc1C(=O)O.[Pd+2]. The maximum absolute atomic E-state index is 10.3. The van der Waals surface area contributed by atoms with Crippen LogP contribution in [-0.4, -0.2) is 11.1 Å². The molecular formula is C7H7NO2Pd+2. The van der Waals surface area contributed by atoms with Crippen LogP contribution in [0.3, 0.4) is 0 Å². The Hall–Kier alpha value is -0.848. The van der Waals surface area contributed by atoms with Crippen LogP contribution in [0.4, 0.5) is 5.69 Å². The first-order valence-corrected chi connectivity index (χ1v) is 2.79. The summed E-state index contributed by atoms with van der Waals surface area (Å²) < 4.78 is 0. The number of anilines is 1. The molecule has 1 rings (SSSR count). The molecule has 0 aromatic heterocycles. The number of carboxylic acids is 1. The third kappa shape index (κ3) is 2.34. The van der Waals surface area contributed by atoms with E-state index in [9.17, 15) is 4.79 Å². The predicted octanol–water partition coefficient (Wildman–Crippen LogP) is 0.965. The Labute approximate surface area is 77.9 Å². The molecule has 0 saturated heterocycles. The minimum absolute atomic E-state index is 0. The number of aromatic carboxylic acids is 1. The van der Waals surface area contributed by atoms with Gasteiger partial charge < -0.3 is 10.8 Å². The zero-order chi connectivity index (χ0) is 7.56. The molecule has 0 bridgehead atoms. The van der Waals surface area contributed by atoms with E-state index in [1.165, 1.54) is 6.07 Å². The summed E-state index contributed by atoms with van der Waals surface area (Å²) in [5.74, 6) is -0.988. The molecule has 0 amide bonds. The zero-order valence-corrected chi connectivity index (χ0v) is 7.11. The molecule has 0 aliphatic heterocycles. The van der Waals surface area contributed by atoms with E-state index in [0.29, 0.717) is 5.69 Å². The molecule has 0 atom stereocenters. The monoisotopic (exact) mass is 243 g/mol. The van der Waals surface area contributed by atoms with E-state index in [1.54, 1.807) is 18.2 Å². The van der Waals surface area contributed by atoms with Crippen LogP contribution in [0.5, 0.6) is 0 Å². The van der Waals surface area contributed by atoms with Crippen LogP contribution >= 0.6 is 0 Å². The normalized spacial score (nSPS) is 8.36. The standard InChI is InChI=1S/C7H7NO2.Pd/c8-6-4-2-1-3-5(6)7(9)10;/h1-4H,8H2,(H,9,10);/q;+2. The molecule has 3 N–H and O–H groups in total. The van der Waals surface area contributed by atoms with E-state index in [-0.39, 0.29) is 26.0 Å². The fourth-order valence-electron chi connectivity index (χ4n) is 0.692. The molecule has 0 spiro atoms. The molecule has 4 heteroatoms. The van der Waals surface area contributed by atoms with Crippen LogP contribution in [0.1, 0.15) is 10.4 Å². The van der Waals surface area contributed by atoms with Crippen molar-refractivity contribution in [3.8, 4) is 0 Å². The second-order valence-corrected chi connectivity index (χ2v) is 1.89. The second-order valence-electron chi connectivity index (χ2n) is 1.89. The van der Waals surface area contributed by atoms with Gasteiger partial charge in [-0.05, 0) is 12.1 Å². The van der Waals surface area contributed by atoms with Gasteiger partial charge in [0.15, 0.2) is 0 Å². The topological polar surface area (TPSA) is 63.3 Å². The van der Waals surface area contributed by atoms with Gasteiger partial charge in [-0.15, -0.1) is 0 Å². The van der Waals surface area contributed by atoms with Gasteiger partial charge in [0, 0.05) is 5.69 Å². The Bertz CT molecular complexity index is 262. The van der Waals surface area contributed by atoms with Gasteiger partial charge in [-0.25, -0.2) is 4.79 Å². The maximum atomic E-state index is 10.3. The number of para-hydroxylation sites is 1. The summed E-state index contributed by atoms with van der Waals surface area (Å²) in [6.45, 7) is 0. The van der Waals surface area contributed by atoms with Crippen molar-refractivity contribution in [2.45, 2.75) is 0 Å². The first kappa shape index (κ1) is 10.2. The number of benzene rings is 1. The van der Waals surface area contributed by atoms with Crippen molar-refractivity contribution in [3.05, 3.63) is 29.8 Å². The Kier molecular flexibility index (Phi) is 3.80. The number of carboxylic acid groups (broad SMARTS) is 1. The minimum Gasteiger partial charge on any atom is -0.478 e. The predicted molar refractivity (Wildman–Crippen MR) is 37.8 cm³/mol. The van der Waals surface area contributed by atoms with Crippen molar-refractivity contribution >= 4 is 11.7 Å². The Balaban J connectivity index is 0.000001000. The van der Waals surface area contributed by atoms with Gasteiger partial charge in [0.1, 0.15) is 0 Å². The van der Waals surface area contributed by atoms with Gasteiger partial charge in [-0.3, -0.25) is 0 Å². The maximum Gasteiger partial charge on any atom is 2.00 e. The van der Waals surface area contributed by atoms with Gasteiger partial charge in [0.25, 0.3) is 0 Å². The summed E-state index contributed by atoms with van der Waals surface area (Å²) in [6, 6.07) is 6.36. The molecule has 0 fully saturated rings. The van der Waals surface area contributed by atoms with Crippen LogP contribution < -0.4 is 5.73 Å². The number of rotatable bonds is 1. The summed E-state index contributed by atoms with van der Waals surface area (Å²) in [7, 11) is 0. The average molecular weight is 244 g/mol. The molecule has 0 aliphatic rings. The molecule has 3 nitrogen and oxygen atoms in total.